The third-order valence-electron chi connectivity index (χ3n) is 7.14. The summed E-state index contributed by atoms with van der Waals surface area (Å²) in [6, 6.07) is 18.7. The molecule has 0 amide bonds. The Kier molecular flexibility index (Phi) is 7.30. The first-order valence-corrected chi connectivity index (χ1v) is 13.7. The summed E-state index contributed by atoms with van der Waals surface area (Å²) in [4.78, 5) is 16.8. The average Bonchev–Trinajstić information content (AvgIpc) is 3.52. The number of aromatic nitrogens is 2. The van der Waals surface area contributed by atoms with Crippen LogP contribution in [0.15, 0.2) is 54.6 Å². The van der Waals surface area contributed by atoms with Crippen molar-refractivity contribution in [2.75, 3.05) is 72.5 Å². The van der Waals surface area contributed by atoms with Crippen molar-refractivity contribution in [3.8, 4) is 11.5 Å². The van der Waals surface area contributed by atoms with Crippen molar-refractivity contribution in [1.82, 2.24) is 15.3 Å². The van der Waals surface area contributed by atoms with Crippen LogP contribution in [0.1, 0.15) is 18.4 Å². The number of thiocarbonyl (C=S) groups is 1. The number of rotatable bonds is 6. The van der Waals surface area contributed by atoms with E-state index in [0.29, 0.717) is 30.8 Å². The quantitative estimate of drug-likeness (QED) is 0.460. The molecule has 0 bridgehead atoms. The maximum absolute atomic E-state index is 5.70. The number of benzene rings is 2. The lowest BCUT2D eigenvalue weighted by Crippen LogP contribution is -2.47. The number of nitrogens with one attached hydrogen (secondary N) is 2. The van der Waals surface area contributed by atoms with E-state index in [9.17, 15) is 0 Å². The van der Waals surface area contributed by atoms with Gasteiger partial charge in [-0.25, -0.2) is 0 Å². The van der Waals surface area contributed by atoms with E-state index in [1.165, 1.54) is 18.5 Å². The number of anilines is 4. The molecule has 3 aliphatic rings. The Morgan fingerprint density at radius 1 is 0.763 bits per heavy atom. The van der Waals surface area contributed by atoms with Gasteiger partial charge in [0.25, 0.3) is 0 Å². The molecular formula is C28H33N7O2S. The standard InChI is InChI=1S/C28H33N7O2S/c38-28(29-20-21-8-9-23-24(18-21)37-17-16-36-23)32-27-30-25(34-10-4-5-11-34)19-26(31-27)35-14-12-33(13-15-35)22-6-2-1-3-7-22/h1-3,6-9,18-19H,4-5,10-17,20H2,(H2,29,30,31,32,38). The highest BCUT2D eigenvalue weighted by Crippen LogP contribution is 2.31. The number of para-hydroxylation sites is 1. The molecule has 0 atom stereocenters. The molecule has 10 heteroatoms. The molecule has 0 spiro atoms. The molecule has 9 nitrogen and oxygen atoms in total. The minimum atomic E-state index is 0.485. The number of hydrogen-bond acceptors (Lipinski definition) is 8. The van der Waals surface area contributed by atoms with E-state index in [4.69, 9.17) is 31.7 Å². The molecule has 2 N–H and O–H groups in total. The van der Waals surface area contributed by atoms with Crippen molar-refractivity contribution in [2.24, 2.45) is 0 Å². The monoisotopic (exact) mass is 531 g/mol. The van der Waals surface area contributed by atoms with Gasteiger partial charge in [-0.2, -0.15) is 9.97 Å². The molecular weight excluding hydrogens is 498 g/mol. The van der Waals surface area contributed by atoms with Gasteiger partial charge in [-0.05, 0) is 54.9 Å². The fourth-order valence-electron chi connectivity index (χ4n) is 5.11. The van der Waals surface area contributed by atoms with Gasteiger partial charge in [0.05, 0.1) is 0 Å². The predicted octanol–water partition coefficient (Wildman–Crippen LogP) is 3.66. The maximum Gasteiger partial charge on any atom is 0.232 e. The third-order valence-corrected chi connectivity index (χ3v) is 7.39. The second-order valence-electron chi connectivity index (χ2n) is 9.70. The Morgan fingerprint density at radius 2 is 1.42 bits per heavy atom. The summed E-state index contributed by atoms with van der Waals surface area (Å²) in [6.45, 7) is 7.45. The topological polar surface area (TPSA) is 78.0 Å². The van der Waals surface area contributed by atoms with Crippen LogP contribution in [0.2, 0.25) is 0 Å². The van der Waals surface area contributed by atoms with Gasteiger partial charge in [0, 0.05) is 57.6 Å². The smallest absolute Gasteiger partial charge is 0.232 e. The highest BCUT2D eigenvalue weighted by molar-refractivity contribution is 7.80. The van der Waals surface area contributed by atoms with Crippen LogP contribution in [0, 0.1) is 0 Å². The second kappa shape index (κ2) is 11.3. The van der Waals surface area contributed by atoms with Crippen LogP contribution in [-0.2, 0) is 6.54 Å². The first-order chi connectivity index (χ1) is 18.7. The molecule has 3 aromatic rings. The summed E-state index contributed by atoms with van der Waals surface area (Å²) in [5, 5.41) is 6.99. The maximum atomic E-state index is 5.70. The van der Waals surface area contributed by atoms with Crippen molar-refractivity contribution in [1.29, 1.82) is 0 Å². The molecule has 0 aliphatic carbocycles. The van der Waals surface area contributed by atoms with E-state index >= 15 is 0 Å². The molecule has 0 radical (unpaired) electrons. The summed E-state index contributed by atoms with van der Waals surface area (Å²) >= 11 is 5.61. The molecule has 0 saturated carbocycles. The zero-order chi connectivity index (χ0) is 25.7. The van der Waals surface area contributed by atoms with Crippen LogP contribution in [0.25, 0.3) is 0 Å². The van der Waals surface area contributed by atoms with E-state index in [0.717, 1.165) is 68.0 Å². The van der Waals surface area contributed by atoms with Crippen LogP contribution in [0.5, 0.6) is 11.5 Å². The van der Waals surface area contributed by atoms with Gasteiger partial charge in [-0.3, -0.25) is 0 Å². The molecule has 4 heterocycles. The number of hydrogen-bond donors (Lipinski definition) is 2. The number of fused-ring (bicyclic) bond motifs is 1. The molecule has 0 unspecified atom stereocenters. The van der Waals surface area contributed by atoms with Crippen molar-refractivity contribution in [3.63, 3.8) is 0 Å². The molecule has 1 aromatic heterocycles. The van der Waals surface area contributed by atoms with Crippen LogP contribution in [0.4, 0.5) is 23.3 Å². The van der Waals surface area contributed by atoms with E-state index in [1.807, 2.05) is 18.2 Å². The van der Waals surface area contributed by atoms with Gasteiger partial charge in [-0.15, -0.1) is 0 Å². The minimum Gasteiger partial charge on any atom is -0.486 e. The molecule has 2 saturated heterocycles. The summed E-state index contributed by atoms with van der Waals surface area (Å²) in [5.41, 5.74) is 2.33. The second-order valence-corrected chi connectivity index (χ2v) is 10.1. The summed E-state index contributed by atoms with van der Waals surface area (Å²) in [7, 11) is 0. The summed E-state index contributed by atoms with van der Waals surface area (Å²) < 4.78 is 11.3. The van der Waals surface area contributed by atoms with Gasteiger partial charge >= 0.3 is 0 Å². The molecule has 198 valence electrons. The highest BCUT2D eigenvalue weighted by atomic mass is 32.1. The van der Waals surface area contributed by atoms with E-state index < -0.39 is 0 Å². The molecule has 6 rings (SSSR count). The summed E-state index contributed by atoms with van der Waals surface area (Å²) in [5.74, 6) is 3.97. The van der Waals surface area contributed by atoms with E-state index in [-0.39, 0.29) is 0 Å². The lowest BCUT2D eigenvalue weighted by molar-refractivity contribution is 0.171. The number of ether oxygens (including phenoxy) is 2. The minimum absolute atomic E-state index is 0.485. The molecule has 38 heavy (non-hydrogen) atoms. The molecule has 2 fully saturated rings. The zero-order valence-corrected chi connectivity index (χ0v) is 22.3. The van der Waals surface area contributed by atoms with Crippen LogP contribution >= 0.6 is 12.2 Å². The molecule has 2 aromatic carbocycles. The Bertz CT molecular complexity index is 1260. The van der Waals surface area contributed by atoms with E-state index in [2.05, 4.69) is 61.7 Å². The van der Waals surface area contributed by atoms with Gasteiger partial charge in [-0.1, -0.05) is 24.3 Å². The van der Waals surface area contributed by atoms with Crippen molar-refractivity contribution >= 4 is 40.6 Å². The average molecular weight is 532 g/mol. The third kappa shape index (κ3) is 5.70. The first kappa shape index (κ1) is 24.5. The Morgan fingerprint density at radius 3 is 2.16 bits per heavy atom. The van der Waals surface area contributed by atoms with Gasteiger partial charge in [0.2, 0.25) is 5.95 Å². The Labute approximate surface area is 228 Å². The SMILES string of the molecule is S=C(NCc1ccc2c(c1)OCCO2)Nc1nc(N2CCCC2)cc(N2CCN(c3ccccc3)CC2)n1. The number of piperazine rings is 1. The summed E-state index contributed by atoms with van der Waals surface area (Å²) in [6.07, 6.45) is 2.38. The predicted molar refractivity (Wildman–Crippen MR) is 155 cm³/mol. The van der Waals surface area contributed by atoms with E-state index in [1.54, 1.807) is 0 Å². The van der Waals surface area contributed by atoms with Crippen molar-refractivity contribution < 1.29 is 9.47 Å². The largest absolute Gasteiger partial charge is 0.486 e. The van der Waals surface area contributed by atoms with Crippen LogP contribution < -0.4 is 34.8 Å². The Balaban J connectivity index is 1.13. The van der Waals surface area contributed by atoms with Crippen molar-refractivity contribution in [2.45, 2.75) is 19.4 Å². The Hall–Kier alpha value is -3.79. The van der Waals surface area contributed by atoms with Gasteiger partial charge in [0.1, 0.15) is 24.8 Å². The van der Waals surface area contributed by atoms with Gasteiger partial charge < -0.3 is 34.8 Å². The molecule has 3 aliphatic heterocycles. The fourth-order valence-corrected chi connectivity index (χ4v) is 5.27. The van der Waals surface area contributed by atoms with Crippen LogP contribution in [0.3, 0.4) is 0 Å². The van der Waals surface area contributed by atoms with Crippen LogP contribution in [-0.4, -0.2) is 67.6 Å². The van der Waals surface area contributed by atoms with Gasteiger partial charge in [0.15, 0.2) is 16.6 Å². The highest BCUT2D eigenvalue weighted by Gasteiger charge is 2.22. The number of nitrogens with zero attached hydrogens (tertiary/aromatic N) is 5. The van der Waals surface area contributed by atoms with Crippen molar-refractivity contribution in [3.05, 3.63) is 60.2 Å². The normalized spacial score (nSPS) is 16.9. The first-order valence-electron chi connectivity index (χ1n) is 13.3. The lowest BCUT2D eigenvalue weighted by atomic mass is 10.2. The fraction of sp³-hybridized carbons (Fsp3) is 0.393. The zero-order valence-electron chi connectivity index (χ0n) is 21.4. The lowest BCUT2D eigenvalue weighted by Gasteiger charge is -2.37.